The lowest BCUT2D eigenvalue weighted by Gasteiger charge is -2.36. The highest BCUT2D eigenvalue weighted by Gasteiger charge is 2.30. The molecule has 1 atom stereocenters. The van der Waals surface area contributed by atoms with Crippen molar-refractivity contribution in [3.05, 3.63) is 0 Å². The SMILES string of the molecule is COC1CC(NCC2CCCN2C)C1. The van der Waals surface area contributed by atoms with E-state index in [1.807, 2.05) is 7.11 Å². The third-order valence-electron chi connectivity index (χ3n) is 3.74. The summed E-state index contributed by atoms with van der Waals surface area (Å²) in [6.45, 7) is 2.44. The van der Waals surface area contributed by atoms with Crippen molar-refractivity contribution in [3.8, 4) is 0 Å². The Morgan fingerprint density at radius 3 is 2.79 bits per heavy atom. The molecule has 0 amide bonds. The van der Waals surface area contributed by atoms with E-state index in [9.17, 15) is 0 Å². The third-order valence-corrected chi connectivity index (χ3v) is 3.74. The first-order chi connectivity index (χ1) is 6.79. The van der Waals surface area contributed by atoms with Gasteiger partial charge in [0.1, 0.15) is 0 Å². The molecule has 2 aliphatic rings. The minimum Gasteiger partial charge on any atom is -0.381 e. The predicted octanol–water partition coefficient (Wildman–Crippen LogP) is 0.848. The van der Waals surface area contributed by atoms with Crippen LogP contribution in [-0.4, -0.2) is 50.3 Å². The molecule has 1 saturated carbocycles. The molecule has 0 spiro atoms. The second-order valence-corrected chi connectivity index (χ2v) is 4.71. The van der Waals surface area contributed by atoms with E-state index in [1.165, 1.54) is 32.2 Å². The molecule has 3 nitrogen and oxygen atoms in total. The third kappa shape index (κ3) is 2.27. The van der Waals surface area contributed by atoms with Crippen molar-refractivity contribution in [2.24, 2.45) is 0 Å². The Bertz CT molecular complexity index is 180. The lowest BCUT2D eigenvalue weighted by Crippen LogP contribution is -2.48. The van der Waals surface area contributed by atoms with Crippen molar-refractivity contribution >= 4 is 0 Å². The van der Waals surface area contributed by atoms with Gasteiger partial charge in [-0.1, -0.05) is 0 Å². The van der Waals surface area contributed by atoms with Crippen molar-refractivity contribution < 1.29 is 4.74 Å². The number of nitrogens with one attached hydrogen (secondary N) is 1. The van der Waals surface area contributed by atoms with Crippen molar-refractivity contribution in [2.45, 2.75) is 43.9 Å². The maximum Gasteiger partial charge on any atom is 0.0601 e. The number of ether oxygens (including phenoxy) is 1. The lowest BCUT2D eigenvalue weighted by molar-refractivity contribution is 0.0162. The molecule has 2 fully saturated rings. The van der Waals surface area contributed by atoms with Crippen LogP contribution in [-0.2, 0) is 4.74 Å². The van der Waals surface area contributed by atoms with E-state index >= 15 is 0 Å². The Morgan fingerprint density at radius 1 is 1.43 bits per heavy atom. The van der Waals surface area contributed by atoms with Crippen LogP contribution >= 0.6 is 0 Å². The van der Waals surface area contributed by atoms with Crippen LogP contribution in [0.25, 0.3) is 0 Å². The first kappa shape index (κ1) is 10.4. The molecule has 0 aromatic rings. The molecule has 3 heteroatoms. The Labute approximate surface area is 86.8 Å². The first-order valence-electron chi connectivity index (χ1n) is 5.76. The van der Waals surface area contributed by atoms with Gasteiger partial charge in [-0.05, 0) is 39.3 Å². The standard InChI is InChI=1S/C11H22N2O/c1-13-5-3-4-10(13)8-12-9-6-11(7-9)14-2/h9-12H,3-8H2,1-2H3. The van der Waals surface area contributed by atoms with Gasteiger partial charge in [0.2, 0.25) is 0 Å². The smallest absolute Gasteiger partial charge is 0.0601 e. The average Bonchev–Trinajstić information content (AvgIpc) is 2.49. The summed E-state index contributed by atoms with van der Waals surface area (Å²) < 4.78 is 5.26. The van der Waals surface area contributed by atoms with Crippen LogP contribution in [0.5, 0.6) is 0 Å². The molecule has 1 aliphatic heterocycles. The van der Waals surface area contributed by atoms with Gasteiger partial charge in [0.25, 0.3) is 0 Å². The van der Waals surface area contributed by atoms with Crippen LogP contribution in [0.15, 0.2) is 0 Å². The molecule has 0 bridgehead atoms. The van der Waals surface area contributed by atoms with Crippen molar-refractivity contribution in [2.75, 3.05) is 27.2 Å². The maximum absolute atomic E-state index is 5.26. The summed E-state index contributed by atoms with van der Waals surface area (Å²) in [5.74, 6) is 0. The van der Waals surface area contributed by atoms with E-state index in [-0.39, 0.29) is 0 Å². The van der Waals surface area contributed by atoms with Crippen LogP contribution in [0.3, 0.4) is 0 Å². The largest absolute Gasteiger partial charge is 0.381 e. The summed E-state index contributed by atoms with van der Waals surface area (Å²) in [4.78, 5) is 2.47. The molecule has 14 heavy (non-hydrogen) atoms. The second-order valence-electron chi connectivity index (χ2n) is 4.71. The van der Waals surface area contributed by atoms with E-state index < -0.39 is 0 Å². The number of nitrogens with zero attached hydrogens (tertiary/aromatic N) is 1. The number of likely N-dealkylation sites (tertiary alicyclic amines) is 1. The molecule has 2 rings (SSSR count). The number of methoxy groups -OCH3 is 1. The summed E-state index contributed by atoms with van der Waals surface area (Å²) in [5.41, 5.74) is 0. The molecule has 0 radical (unpaired) electrons. The molecule has 1 aliphatic carbocycles. The quantitative estimate of drug-likeness (QED) is 0.725. The number of rotatable bonds is 4. The van der Waals surface area contributed by atoms with Gasteiger partial charge in [0.15, 0.2) is 0 Å². The van der Waals surface area contributed by atoms with Gasteiger partial charge in [-0.2, -0.15) is 0 Å². The topological polar surface area (TPSA) is 24.5 Å². The monoisotopic (exact) mass is 198 g/mol. The van der Waals surface area contributed by atoms with Gasteiger partial charge < -0.3 is 15.0 Å². The lowest BCUT2D eigenvalue weighted by atomic mass is 9.89. The van der Waals surface area contributed by atoms with E-state index in [0.717, 1.165) is 12.6 Å². The highest BCUT2D eigenvalue weighted by molar-refractivity contribution is 4.88. The summed E-state index contributed by atoms with van der Waals surface area (Å²) in [6, 6.07) is 1.49. The van der Waals surface area contributed by atoms with Crippen molar-refractivity contribution in [3.63, 3.8) is 0 Å². The minimum atomic E-state index is 0.522. The highest BCUT2D eigenvalue weighted by atomic mass is 16.5. The Balaban J connectivity index is 1.59. The fourth-order valence-electron chi connectivity index (χ4n) is 2.46. The van der Waals surface area contributed by atoms with Crippen LogP contribution in [0.2, 0.25) is 0 Å². The molecular formula is C11H22N2O. The summed E-state index contributed by atoms with van der Waals surface area (Å²) in [7, 11) is 4.05. The summed E-state index contributed by atoms with van der Waals surface area (Å²) in [5, 5.41) is 3.63. The highest BCUT2D eigenvalue weighted by Crippen LogP contribution is 2.23. The molecule has 1 N–H and O–H groups in total. The molecule has 0 aromatic carbocycles. The van der Waals surface area contributed by atoms with Crippen LogP contribution in [0, 0.1) is 0 Å². The van der Waals surface area contributed by atoms with Gasteiger partial charge in [-0.3, -0.25) is 0 Å². The van der Waals surface area contributed by atoms with Crippen molar-refractivity contribution in [1.29, 1.82) is 0 Å². The van der Waals surface area contributed by atoms with Gasteiger partial charge in [-0.25, -0.2) is 0 Å². The fourth-order valence-corrected chi connectivity index (χ4v) is 2.46. The minimum absolute atomic E-state index is 0.522. The fraction of sp³-hybridized carbons (Fsp3) is 1.00. The number of likely N-dealkylation sites (N-methyl/N-ethyl adjacent to an activating group) is 1. The molecule has 1 heterocycles. The van der Waals surface area contributed by atoms with Gasteiger partial charge in [0, 0.05) is 25.7 Å². The average molecular weight is 198 g/mol. The molecule has 1 saturated heterocycles. The zero-order valence-corrected chi connectivity index (χ0v) is 9.33. The zero-order valence-electron chi connectivity index (χ0n) is 9.33. The van der Waals surface area contributed by atoms with Crippen molar-refractivity contribution in [1.82, 2.24) is 10.2 Å². The van der Waals surface area contributed by atoms with Crippen LogP contribution < -0.4 is 5.32 Å². The predicted molar refractivity (Wildman–Crippen MR) is 57.5 cm³/mol. The molecule has 0 aromatic heterocycles. The van der Waals surface area contributed by atoms with E-state index in [4.69, 9.17) is 4.74 Å². The molecule has 82 valence electrons. The Kier molecular flexibility index (Phi) is 3.42. The summed E-state index contributed by atoms with van der Waals surface area (Å²) in [6.07, 6.45) is 5.66. The van der Waals surface area contributed by atoms with Crippen LogP contribution in [0.1, 0.15) is 25.7 Å². The number of hydrogen-bond donors (Lipinski definition) is 1. The van der Waals surface area contributed by atoms with E-state index in [2.05, 4.69) is 17.3 Å². The summed E-state index contributed by atoms with van der Waals surface area (Å²) >= 11 is 0. The second kappa shape index (κ2) is 4.60. The normalized spacial score (nSPS) is 38.6. The molecular weight excluding hydrogens is 176 g/mol. The van der Waals surface area contributed by atoms with E-state index in [0.29, 0.717) is 12.1 Å². The van der Waals surface area contributed by atoms with Gasteiger partial charge >= 0.3 is 0 Å². The van der Waals surface area contributed by atoms with Crippen LogP contribution in [0.4, 0.5) is 0 Å². The zero-order chi connectivity index (χ0) is 9.97. The molecule has 1 unspecified atom stereocenters. The van der Waals surface area contributed by atoms with Gasteiger partial charge in [-0.15, -0.1) is 0 Å². The van der Waals surface area contributed by atoms with E-state index in [1.54, 1.807) is 0 Å². The van der Waals surface area contributed by atoms with Gasteiger partial charge in [0.05, 0.1) is 6.10 Å². The Morgan fingerprint density at radius 2 is 2.21 bits per heavy atom. The maximum atomic E-state index is 5.26. The Hall–Kier alpha value is -0.120. The first-order valence-corrected chi connectivity index (χ1v) is 5.76. The number of hydrogen-bond acceptors (Lipinski definition) is 3.